The van der Waals surface area contributed by atoms with Gasteiger partial charge in [-0.05, 0) is 55.9 Å². The molecule has 10 heteroatoms. The largest absolute Gasteiger partial charge is 0.504 e. The summed E-state index contributed by atoms with van der Waals surface area (Å²) in [6.45, 7) is 4.92. The molecule has 0 bridgehead atoms. The van der Waals surface area contributed by atoms with Crippen LogP contribution in [-0.4, -0.2) is 58.3 Å². The molecular formula is C29H33ClN4O5. The fraction of sp³-hybridized carbons (Fsp3) is 0.379. The van der Waals surface area contributed by atoms with Crippen molar-refractivity contribution >= 4 is 29.2 Å². The molecule has 1 amide bonds. The first-order valence-corrected chi connectivity index (χ1v) is 13.4. The van der Waals surface area contributed by atoms with Gasteiger partial charge in [0.05, 0.1) is 23.9 Å². The highest BCUT2D eigenvalue weighted by Gasteiger charge is 2.24. The van der Waals surface area contributed by atoms with Crippen LogP contribution in [0.15, 0.2) is 42.5 Å². The fourth-order valence-corrected chi connectivity index (χ4v) is 4.98. The molecule has 4 rings (SSSR count). The van der Waals surface area contributed by atoms with Gasteiger partial charge >= 0.3 is 5.97 Å². The van der Waals surface area contributed by atoms with E-state index >= 15 is 0 Å². The molecule has 1 aliphatic heterocycles. The van der Waals surface area contributed by atoms with Crippen LogP contribution in [0.3, 0.4) is 0 Å². The summed E-state index contributed by atoms with van der Waals surface area (Å²) in [7, 11) is 0. The summed E-state index contributed by atoms with van der Waals surface area (Å²) >= 11 is 6.64. The Hall–Kier alpha value is -3.69. The molecule has 1 saturated heterocycles. The first kappa shape index (κ1) is 28.3. The van der Waals surface area contributed by atoms with Crippen LogP contribution in [-0.2, 0) is 22.6 Å². The SMILES string of the molecule is CCOC(=O)CNC(=O)c1nc(CC2CCN(c3ccc(-c4ccc(CO)cc4)c(Cl)c3)CC2)nc(C)c1O. The zero-order valence-corrected chi connectivity index (χ0v) is 22.9. The number of aromatic nitrogens is 2. The second kappa shape index (κ2) is 12.9. The Morgan fingerprint density at radius 1 is 1.13 bits per heavy atom. The molecule has 3 aromatic rings. The summed E-state index contributed by atoms with van der Waals surface area (Å²) in [6.07, 6.45) is 2.40. The number of esters is 1. The average molecular weight is 553 g/mol. The lowest BCUT2D eigenvalue weighted by Gasteiger charge is -2.33. The lowest BCUT2D eigenvalue weighted by molar-refractivity contribution is -0.141. The Morgan fingerprint density at radius 3 is 2.49 bits per heavy atom. The summed E-state index contributed by atoms with van der Waals surface area (Å²) in [6, 6.07) is 13.8. The number of hydrogen-bond donors (Lipinski definition) is 3. The van der Waals surface area contributed by atoms with E-state index in [0.29, 0.717) is 28.9 Å². The number of rotatable bonds is 9. The van der Waals surface area contributed by atoms with Crippen molar-refractivity contribution in [1.29, 1.82) is 0 Å². The summed E-state index contributed by atoms with van der Waals surface area (Å²) < 4.78 is 4.82. The van der Waals surface area contributed by atoms with Gasteiger partial charge < -0.3 is 25.2 Å². The van der Waals surface area contributed by atoms with E-state index in [2.05, 4.69) is 26.3 Å². The molecule has 0 unspecified atom stereocenters. The number of aromatic hydroxyl groups is 1. The van der Waals surface area contributed by atoms with E-state index in [9.17, 15) is 19.8 Å². The number of hydrogen-bond acceptors (Lipinski definition) is 8. The Morgan fingerprint density at radius 2 is 1.85 bits per heavy atom. The van der Waals surface area contributed by atoms with Crippen LogP contribution in [0.25, 0.3) is 11.1 Å². The van der Waals surface area contributed by atoms with Gasteiger partial charge in [0, 0.05) is 30.8 Å². The molecule has 1 aliphatic rings. The van der Waals surface area contributed by atoms with E-state index in [4.69, 9.17) is 16.3 Å². The number of aliphatic hydroxyl groups excluding tert-OH is 1. The van der Waals surface area contributed by atoms with E-state index in [1.54, 1.807) is 13.8 Å². The summed E-state index contributed by atoms with van der Waals surface area (Å²) in [5.41, 5.74) is 4.05. The van der Waals surface area contributed by atoms with Gasteiger partial charge in [-0.2, -0.15) is 0 Å². The van der Waals surface area contributed by atoms with E-state index in [1.807, 2.05) is 36.4 Å². The minimum absolute atomic E-state index is 0.00893. The first-order chi connectivity index (χ1) is 18.8. The summed E-state index contributed by atoms with van der Waals surface area (Å²) in [5, 5.41) is 22.7. The molecule has 0 aliphatic carbocycles. The van der Waals surface area contributed by atoms with Crippen molar-refractivity contribution in [1.82, 2.24) is 15.3 Å². The highest BCUT2D eigenvalue weighted by Crippen LogP contribution is 2.34. The van der Waals surface area contributed by atoms with Crippen LogP contribution in [0.4, 0.5) is 5.69 Å². The van der Waals surface area contributed by atoms with Crippen LogP contribution >= 0.6 is 11.6 Å². The molecule has 39 heavy (non-hydrogen) atoms. The van der Waals surface area contributed by atoms with Crippen molar-refractivity contribution in [3.05, 3.63) is 70.3 Å². The van der Waals surface area contributed by atoms with E-state index < -0.39 is 11.9 Å². The predicted octanol–water partition coefficient (Wildman–Crippen LogP) is 4.06. The summed E-state index contributed by atoms with van der Waals surface area (Å²) in [4.78, 5) is 35.1. The number of nitrogens with one attached hydrogen (secondary N) is 1. The van der Waals surface area contributed by atoms with Crippen molar-refractivity contribution in [2.24, 2.45) is 5.92 Å². The number of piperidine rings is 1. The Kier molecular flexibility index (Phi) is 9.37. The summed E-state index contributed by atoms with van der Waals surface area (Å²) in [5.74, 6) is -0.688. The van der Waals surface area contributed by atoms with E-state index in [0.717, 1.165) is 48.3 Å². The average Bonchev–Trinajstić information content (AvgIpc) is 2.94. The highest BCUT2D eigenvalue weighted by atomic mass is 35.5. The van der Waals surface area contributed by atoms with Crippen molar-refractivity contribution in [2.45, 2.75) is 39.7 Å². The number of carbonyl (C=O) groups excluding carboxylic acids is 2. The number of aliphatic hydroxyl groups is 1. The van der Waals surface area contributed by atoms with Gasteiger partial charge in [-0.1, -0.05) is 41.9 Å². The molecule has 0 atom stereocenters. The monoisotopic (exact) mass is 552 g/mol. The smallest absolute Gasteiger partial charge is 0.325 e. The van der Waals surface area contributed by atoms with Crippen LogP contribution in [0.1, 0.15) is 47.3 Å². The number of amides is 1. The van der Waals surface area contributed by atoms with Crippen LogP contribution in [0, 0.1) is 12.8 Å². The minimum atomic E-state index is -0.646. The second-order valence-electron chi connectivity index (χ2n) is 9.56. The third-order valence-electron chi connectivity index (χ3n) is 6.87. The highest BCUT2D eigenvalue weighted by molar-refractivity contribution is 6.33. The zero-order valence-electron chi connectivity index (χ0n) is 22.1. The Balaban J connectivity index is 1.37. The Labute approximate surface area is 232 Å². The third kappa shape index (κ3) is 7.04. The number of ether oxygens (including phenoxy) is 1. The van der Waals surface area contributed by atoms with Crippen molar-refractivity contribution in [3.8, 4) is 16.9 Å². The molecule has 2 aromatic carbocycles. The number of benzene rings is 2. The number of carbonyl (C=O) groups is 2. The van der Waals surface area contributed by atoms with Gasteiger partial charge in [0.15, 0.2) is 11.4 Å². The first-order valence-electron chi connectivity index (χ1n) is 13.0. The molecular weight excluding hydrogens is 520 g/mol. The molecule has 0 radical (unpaired) electrons. The number of anilines is 1. The number of nitrogens with zero attached hydrogens (tertiary/aromatic N) is 3. The topological polar surface area (TPSA) is 125 Å². The van der Waals surface area contributed by atoms with Crippen molar-refractivity contribution in [2.75, 3.05) is 31.1 Å². The normalized spacial score (nSPS) is 13.8. The van der Waals surface area contributed by atoms with Crippen LogP contribution in [0.2, 0.25) is 5.02 Å². The van der Waals surface area contributed by atoms with Crippen molar-refractivity contribution < 1.29 is 24.5 Å². The standard InChI is InChI=1S/C29H33ClN4O5/c1-3-39-26(36)16-31-29(38)27-28(37)18(2)32-25(33-27)14-19-10-12-34(13-11-19)22-8-9-23(24(30)15-22)21-6-4-20(17-35)5-7-21/h4-9,15,19,35,37H,3,10-14,16-17H2,1-2H3,(H,31,38). The lowest BCUT2D eigenvalue weighted by atomic mass is 9.92. The molecule has 0 saturated carbocycles. The van der Waals surface area contributed by atoms with Crippen molar-refractivity contribution in [3.63, 3.8) is 0 Å². The molecule has 206 valence electrons. The molecule has 3 N–H and O–H groups in total. The maximum atomic E-state index is 12.5. The fourth-order valence-electron chi connectivity index (χ4n) is 4.70. The van der Waals surface area contributed by atoms with Gasteiger partial charge in [0.25, 0.3) is 5.91 Å². The predicted molar refractivity (Wildman–Crippen MR) is 149 cm³/mol. The Bertz CT molecular complexity index is 1320. The van der Waals surface area contributed by atoms with Gasteiger partial charge in [-0.25, -0.2) is 9.97 Å². The third-order valence-corrected chi connectivity index (χ3v) is 7.18. The zero-order chi connectivity index (χ0) is 27.9. The van der Waals surface area contributed by atoms with Gasteiger partial charge in [0.1, 0.15) is 12.4 Å². The maximum absolute atomic E-state index is 12.5. The molecule has 1 fully saturated rings. The van der Waals surface area contributed by atoms with Gasteiger partial charge in [-0.3, -0.25) is 9.59 Å². The molecule has 9 nitrogen and oxygen atoms in total. The van der Waals surface area contributed by atoms with E-state index in [1.165, 1.54) is 0 Å². The number of halogens is 1. The van der Waals surface area contributed by atoms with Gasteiger partial charge in [-0.15, -0.1) is 0 Å². The maximum Gasteiger partial charge on any atom is 0.325 e. The van der Waals surface area contributed by atoms with Crippen LogP contribution < -0.4 is 10.2 Å². The van der Waals surface area contributed by atoms with Gasteiger partial charge in [0.2, 0.25) is 0 Å². The molecule has 2 heterocycles. The lowest BCUT2D eigenvalue weighted by Crippen LogP contribution is -2.34. The quantitative estimate of drug-likeness (QED) is 0.339. The van der Waals surface area contributed by atoms with E-state index in [-0.39, 0.29) is 31.2 Å². The van der Waals surface area contributed by atoms with Crippen LogP contribution in [0.5, 0.6) is 5.75 Å². The molecule has 1 aromatic heterocycles. The number of aryl methyl sites for hydroxylation is 1. The second-order valence-corrected chi connectivity index (χ2v) is 9.97. The minimum Gasteiger partial charge on any atom is -0.504 e. The molecule has 0 spiro atoms.